The molecule has 0 bridgehead atoms. The predicted octanol–water partition coefficient (Wildman–Crippen LogP) is 3.08. The summed E-state index contributed by atoms with van der Waals surface area (Å²) in [5.74, 6) is 0. The Balaban J connectivity index is 2.26. The Morgan fingerprint density at radius 1 is 1.06 bits per heavy atom. The molecular weight excluding hydrogens is 243 g/mol. The fraction of sp³-hybridized carbons (Fsp3) is 0.500. The van der Waals surface area contributed by atoms with E-state index in [4.69, 9.17) is 23.2 Å². The van der Waals surface area contributed by atoms with E-state index >= 15 is 0 Å². The highest BCUT2D eigenvalue weighted by molar-refractivity contribution is 6.34. The van der Waals surface area contributed by atoms with Gasteiger partial charge in [-0.3, -0.25) is 0 Å². The van der Waals surface area contributed by atoms with Crippen molar-refractivity contribution in [2.75, 3.05) is 13.1 Å². The Morgan fingerprint density at radius 2 is 1.69 bits per heavy atom. The van der Waals surface area contributed by atoms with Gasteiger partial charge in [0.2, 0.25) is 0 Å². The molecule has 2 nitrogen and oxygen atoms in total. The summed E-state index contributed by atoms with van der Waals surface area (Å²) in [4.78, 5) is 0. The molecular formula is C12H18Cl2N2. The van der Waals surface area contributed by atoms with Crippen molar-refractivity contribution in [1.29, 1.82) is 0 Å². The average Bonchev–Trinajstić information content (AvgIpc) is 2.15. The molecule has 0 unspecified atom stereocenters. The molecule has 0 saturated carbocycles. The Labute approximate surface area is 107 Å². The summed E-state index contributed by atoms with van der Waals surface area (Å²) in [6.45, 7) is 6.96. The molecule has 1 aromatic rings. The molecule has 90 valence electrons. The van der Waals surface area contributed by atoms with Crippen LogP contribution in [-0.2, 0) is 6.54 Å². The molecule has 0 heterocycles. The first-order valence-corrected chi connectivity index (χ1v) is 6.22. The van der Waals surface area contributed by atoms with E-state index in [1.807, 2.05) is 12.1 Å². The van der Waals surface area contributed by atoms with Gasteiger partial charge in [-0.15, -0.1) is 0 Å². The van der Waals surface area contributed by atoms with Gasteiger partial charge in [0.15, 0.2) is 0 Å². The molecule has 1 rings (SSSR count). The summed E-state index contributed by atoms with van der Waals surface area (Å²) in [6.07, 6.45) is 0. The molecule has 0 aliphatic heterocycles. The van der Waals surface area contributed by atoms with E-state index in [0.717, 1.165) is 25.2 Å². The van der Waals surface area contributed by atoms with E-state index in [1.54, 1.807) is 6.07 Å². The van der Waals surface area contributed by atoms with E-state index in [-0.39, 0.29) is 0 Å². The van der Waals surface area contributed by atoms with E-state index in [0.29, 0.717) is 16.1 Å². The smallest absolute Gasteiger partial charge is 0.0424 e. The van der Waals surface area contributed by atoms with E-state index in [9.17, 15) is 0 Å². The van der Waals surface area contributed by atoms with Gasteiger partial charge in [0, 0.05) is 35.7 Å². The van der Waals surface area contributed by atoms with Gasteiger partial charge in [0.25, 0.3) is 0 Å². The zero-order chi connectivity index (χ0) is 12.0. The SMILES string of the molecule is CC(C)NCCNCc1cc(Cl)cc(Cl)c1. The largest absolute Gasteiger partial charge is 0.313 e. The maximum absolute atomic E-state index is 5.91. The third-order valence-electron chi connectivity index (χ3n) is 2.11. The lowest BCUT2D eigenvalue weighted by atomic mass is 10.2. The summed E-state index contributed by atoms with van der Waals surface area (Å²) in [7, 11) is 0. The minimum atomic E-state index is 0.530. The van der Waals surface area contributed by atoms with Gasteiger partial charge in [0.05, 0.1) is 0 Å². The third-order valence-corrected chi connectivity index (χ3v) is 2.54. The van der Waals surface area contributed by atoms with E-state index in [2.05, 4.69) is 24.5 Å². The van der Waals surface area contributed by atoms with Crippen LogP contribution in [0.5, 0.6) is 0 Å². The zero-order valence-corrected chi connectivity index (χ0v) is 11.2. The lowest BCUT2D eigenvalue weighted by Crippen LogP contribution is -2.31. The van der Waals surface area contributed by atoms with Crippen LogP contribution in [0.25, 0.3) is 0 Å². The lowest BCUT2D eigenvalue weighted by molar-refractivity contribution is 0.556. The number of halogens is 2. The fourth-order valence-electron chi connectivity index (χ4n) is 1.39. The van der Waals surface area contributed by atoms with Gasteiger partial charge in [-0.05, 0) is 23.8 Å². The molecule has 0 spiro atoms. The summed E-state index contributed by atoms with van der Waals surface area (Å²) < 4.78 is 0. The van der Waals surface area contributed by atoms with Gasteiger partial charge in [0.1, 0.15) is 0 Å². The second kappa shape index (κ2) is 7.13. The molecule has 0 radical (unpaired) electrons. The van der Waals surface area contributed by atoms with Crippen molar-refractivity contribution in [3.8, 4) is 0 Å². The summed E-state index contributed by atoms with van der Waals surface area (Å²) >= 11 is 11.8. The minimum absolute atomic E-state index is 0.530. The highest BCUT2D eigenvalue weighted by atomic mass is 35.5. The first-order chi connectivity index (χ1) is 7.58. The van der Waals surface area contributed by atoms with Crippen molar-refractivity contribution in [2.45, 2.75) is 26.4 Å². The molecule has 0 amide bonds. The molecule has 0 saturated heterocycles. The normalized spacial score (nSPS) is 11.1. The van der Waals surface area contributed by atoms with Gasteiger partial charge >= 0.3 is 0 Å². The molecule has 4 heteroatoms. The van der Waals surface area contributed by atoms with Crippen molar-refractivity contribution in [3.05, 3.63) is 33.8 Å². The second-order valence-electron chi connectivity index (χ2n) is 4.06. The van der Waals surface area contributed by atoms with Crippen molar-refractivity contribution < 1.29 is 0 Å². The molecule has 0 fully saturated rings. The average molecular weight is 261 g/mol. The van der Waals surface area contributed by atoms with E-state index < -0.39 is 0 Å². The molecule has 2 N–H and O–H groups in total. The van der Waals surface area contributed by atoms with Crippen LogP contribution < -0.4 is 10.6 Å². The molecule has 0 aliphatic carbocycles. The molecule has 0 atom stereocenters. The molecule has 0 aliphatic rings. The van der Waals surface area contributed by atoms with Crippen LogP contribution in [-0.4, -0.2) is 19.1 Å². The number of rotatable bonds is 6. The van der Waals surface area contributed by atoms with Gasteiger partial charge < -0.3 is 10.6 Å². The number of hydrogen-bond acceptors (Lipinski definition) is 2. The van der Waals surface area contributed by atoms with Crippen LogP contribution >= 0.6 is 23.2 Å². The number of benzene rings is 1. The Bertz CT molecular complexity index is 307. The summed E-state index contributed by atoms with van der Waals surface area (Å²) in [5, 5.41) is 8.04. The van der Waals surface area contributed by atoms with Crippen LogP contribution in [0.15, 0.2) is 18.2 Å². The van der Waals surface area contributed by atoms with Crippen LogP contribution in [0, 0.1) is 0 Å². The van der Waals surface area contributed by atoms with Crippen LogP contribution in [0.2, 0.25) is 10.0 Å². The highest BCUT2D eigenvalue weighted by Gasteiger charge is 1.98. The van der Waals surface area contributed by atoms with E-state index in [1.165, 1.54) is 0 Å². The molecule has 1 aromatic carbocycles. The third kappa shape index (κ3) is 5.71. The van der Waals surface area contributed by atoms with Gasteiger partial charge in [-0.2, -0.15) is 0 Å². The zero-order valence-electron chi connectivity index (χ0n) is 9.69. The van der Waals surface area contributed by atoms with Crippen LogP contribution in [0.1, 0.15) is 19.4 Å². The van der Waals surface area contributed by atoms with Crippen molar-refractivity contribution in [3.63, 3.8) is 0 Å². The maximum Gasteiger partial charge on any atom is 0.0424 e. The van der Waals surface area contributed by atoms with Crippen LogP contribution in [0.3, 0.4) is 0 Å². The van der Waals surface area contributed by atoms with Gasteiger partial charge in [-0.25, -0.2) is 0 Å². The van der Waals surface area contributed by atoms with Crippen molar-refractivity contribution in [1.82, 2.24) is 10.6 Å². The first kappa shape index (κ1) is 13.8. The van der Waals surface area contributed by atoms with Crippen LogP contribution in [0.4, 0.5) is 0 Å². The topological polar surface area (TPSA) is 24.1 Å². The Hall–Kier alpha value is -0.280. The fourth-order valence-corrected chi connectivity index (χ4v) is 1.97. The summed E-state index contributed by atoms with van der Waals surface area (Å²) in [5.41, 5.74) is 1.11. The molecule has 0 aromatic heterocycles. The van der Waals surface area contributed by atoms with Crippen molar-refractivity contribution in [2.24, 2.45) is 0 Å². The highest BCUT2D eigenvalue weighted by Crippen LogP contribution is 2.18. The Kier molecular flexibility index (Phi) is 6.14. The maximum atomic E-state index is 5.91. The monoisotopic (exact) mass is 260 g/mol. The standard InChI is InChI=1S/C12H18Cl2N2/c1-9(2)16-4-3-15-8-10-5-11(13)7-12(14)6-10/h5-7,9,15-16H,3-4,8H2,1-2H3. The minimum Gasteiger partial charge on any atom is -0.313 e. The lowest BCUT2D eigenvalue weighted by Gasteiger charge is -2.09. The predicted molar refractivity (Wildman–Crippen MR) is 71.3 cm³/mol. The number of nitrogens with one attached hydrogen (secondary N) is 2. The first-order valence-electron chi connectivity index (χ1n) is 5.47. The quantitative estimate of drug-likeness (QED) is 0.769. The molecule has 16 heavy (non-hydrogen) atoms. The van der Waals surface area contributed by atoms with Gasteiger partial charge in [-0.1, -0.05) is 37.0 Å². The Morgan fingerprint density at radius 3 is 2.25 bits per heavy atom. The van der Waals surface area contributed by atoms with Crippen molar-refractivity contribution >= 4 is 23.2 Å². The number of hydrogen-bond donors (Lipinski definition) is 2. The summed E-state index contributed by atoms with van der Waals surface area (Å²) in [6, 6.07) is 6.13. The second-order valence-corrected chi connectivity index (χ2v) is 4.94.